The number of nitriles is 1. The van der Waals surface area contributed by atoms with Crippen LogP contribution >= 0.6 is 11.6 Å². The number of carbonyl (C=O) groups excluding carboxylic acids is 1. The molecule has 1 aliphatic rings. The van der Waals surface area contributed by atoms with Crippen molar-refractivity contribution in [2.75, 3.05) is 11.4 Å². The van der Waals surface area contributed by atoms with Gasteiger partial charge in [-0.2, -0.15) is 5.26 Å². The first-order valence-electron chi connectivity index (χ1n) is 12.2. The second-order valence-electron chi connectivity index (χ2n) is 9.33. The molecule has 1 unspecified atom stereocenters. The molecule has 4 rings (SSSR count). The van der Waals surface area contributed by atoms with E-state index in [2.05, 4.69) is 24.3 Å². The quantitative estimate of drug-likeness (QED) is 0.348. The molecule has 1 atom stereocenters. The number of nitrogens with zero attached hydrogens (tertiary/aromatic N) is 2. The van der Waals surface area contributed by atoms with E-state index in [9.17, 15) is 10.1 Å². The molecule has 1 saturated carbocycles. The van der Waals surface area contributed by atoms with E-state index in [4.69, 9.17) is 11.6 Å². The van der Waals surface area contributed by atoms with Gasteiger partial charge in [0.1, 0.15) is 0 Å². The third kappa shape index (κ3) is 6.49. The second-order valence-corrected chi connectivity index (χ2v) is 9.77. The second kappa shape index (κ2) is 11.9. The summed E-state index contributed by atoms with van der Waals surface area (Å²) in [6, 6.07) is 28.1. The molecule has 0 N–H and O–H groups in total. The summed E-state index contributed by atoms with van der Waals surface area (Å²) < 4.78 is 0. The standard InChI is InChI=1S/C30H31ClN2O/c31-28-16-14-23(15-17-28)18-26(20-24-8-7-9-25(19-24)21-32)22-33(29-12-5-2-6-13-29)30(34)27-10-3-1-4-11-27/h2,5-9,12-17,19,26-27H,1,3-4,10-11,18,20,22H2. The minimum atomic E-state index is 0.104. The number of hydrogen-bond donors (Lipinski definition) is 0. The van der Waals surface area contributed by atoms with E-state index >= 15 is 0 Å². The predicted molar refractivity (Wildman–Crippen MR) is 139 cm³/mol. The fourth-order valence-corrected chi connectivity index (χ4v) is 5.14. The largest absolute Gasteiger partial charge is 0.312 e. The molecule has 1 aliphatic carbocycles. The molecule has 34 heavy (non-hydrogen) atoms. The van der Waals surface area contributed by atoms with Crippen LogP contribution in [0.25, 0.3) is 0 Å². The molecule has 3 aromatic rings. The summed E-state index contributed by atoms with van der Waals surface area (Å²) in [6.07, 6.45) is 7.07. The van der Waals surface area contributed by atoms with Crippen LogP contribution < -0.4 is 4.90 Å². The lowest BCUT2D eigenvalue weighted by Crippen LogP contribution is -2.41. The van der Waals surface area contributed by atoms with Gasteiger partial charge in [0.25, 0.3) is 0 Å². The van der Waals surface area contributed by atoms with Crippen LogP contribution in [0, 0.1) is 23.2 Å². The van der Waals surface area contributed by atoms with Gasteiger partial charge in [-0.05, 0) is 79.1 Å². The smallest absolute Gasteiger partial charge is 0.230 e. The number of benzene rings is 3. The highest BCUT2D eigenvalue weighted by atomic mass is 35.5. The number of rotatable bonds is 8. The summed E-state index contributed by atoms with van der Waals surface area (Å²) >= 11 is 6.12. The summed E-state index contributed by atoms with van der Waals surface area (Å²) in [5.41, 5.74) is 3.95. The molecule has 3 aromatic carbocycles. The first-order chi connectivity index (χ1) is 16.6. The average molecular weight is 471 g/mol. The Bertz CT molecular complexity index is 1110. The van der Waals surface area contributed by atoms with Gasteiger partial charge in [-0.15, -0.1) is 0 Å². The number of halogens is 1. The zero-order valence-corrected chi connectivity index (χ0v) is 20.3. The zero-order chi connectivity index (χ0) is 23.8. The maximum Gasteiger partial charge on any atom is 0.230 e. The number of amides is 1. The van der Waals surface area contributed by atoms with Crippen molar-refractivity contribution >= 4 is 23.2 Å². The topological polar surface area (TPSA) is 44.1 Å². The molecule has 0 bridgehead atoms. The summed E-state index contributed by atoms with van der Waals surface area (Å²) in [6.45, 7) is 0.638. The number of hydrogen-bond acceptors (Lipinski definition) is 2. The van der Waals surface area contributed by atoms with Crippen molar-refractivity contribution in [2.45, 2.75) is 44.9 Å². The van der Waals surface area contributed by atoms with Crippen LogP contribution in [0.3, 0.4) is 0 Å². The highest BCUT2D eigenvalue weighted by molar-refractivity contribution is 6.30. The van der Waals surface area contributed by atoms with Crippen LogP contribution in [0.4, 0.5) is 5.69 Å². The van der Waals surface area contributed by atoms with Crippen LogP contribution in [0.2, 0.25) is 5.02 Å². The fraction of sp³-hybridized carbons (Fsp3) is 0.333. The predicted octanol–water partition coefficient (Wildman–Crippen LogP) is 7.23. The Morgan fingerprint density at radius 3 is 2.32 bits per heavy atom. The summed E-state index contributed by atoms with van der Waals surface area (Å²) in [4.78, 5) is 15.8. The Kier molecular flexibility index (Phi) is 8.39. The Morgan fingerprint density at radius 2 is 1.62 bits per heavy atom. The van der Waals surface area contributed by atoms with Gasteiger partial charge in [-0.3, -0.25) is 4.79 Å². The molecular weight excluding hydrogens is 440 g/mol. The van der Waals surface area contributed by atoms with E-state index in [0.29, 0.717) is 12.1 Å². The van der Waals surface area contributed by atoms with Crippen LogP contribution in [0.15, 0.2) is 78.9 Å². The van der Waals surface area contributed by atoms with E-state index < -0.39 is 0 Å². The van der Waals surface area contributed by atoms with Crippen LogP contribution in [-0.2, 0) is 17.6 Å². The molecule has 0 saturated heterocycles. The number of carbonyl (C=O) groups is 1. The fourth-order valence-electron chi connectivity index (χ4n) is 5.01. The van der Waals surface area contributed by atoms with Crippen LogP contribution in [0.5, 0.6) is 0 Å². The van der Waals surface area contributed by atoms with Crippen molar-refractivity contribution < 1.29 is 4.79 Å². The van der Waals surface area contributed by atoms with E-state index in [1.165, 1.54) is 12.0 Å². The zero-order valence-electron chi connectivity index (χ0n) is 19.5. The third-order valence-electron chi connectivity index (χ3n) is 6.75. The molecular formula is C30H31ClN2O. The maximum absolute atomic E-state index is 13.7. The lowest BCUT2D eigenvalue weighted by Gasteiger charge is -2.32. The Balaban J connectivity index is 1.62. The number of para-hydroxylation sites is 1. The van der Waals surface area contributed by atoms with E-state index in [1.807, 2.05) is 65.6 Å². The lowest BCUT2D eigenvalue weighted by molar-refractivity contribution is -0.123. The molecule has 174 valence electrons. The molecule has 0 aromatic heterocycles. The van der Waals surface area contributed by atoms with Gasteiger partial charge in [0, 0.05) is 23.2 Å². The van der Waals surface area contributed by atoms with E-state index in [-0.39, 0.29) is 17.7 Å². The number of anilines is 1. The monoisotopic (exact) mass is 470 g/mol. The van der Waals surface area contributed by atoms with E-state index in [1.54, 1.807) is 0 Å². The lowest BCUT2D eigenvalue weighted by atomic mass is 9.87. The van der Waals surface area contributed by atoms with Crippen molar-refractivity contribution in [1.29, 1.82) is 5.26 Å². The SMILES string of the molecule is N#Cc1cccc(CC(Cc2ccc(Cl)cc2)CN(C(=O)C2CCCCC2)c2ccccc2)c1. The van der Waals surface area contributed by atoms with Gasteiger partial charge in [0.2, 0.25) is 5.91 Å². The van der Waals surface area contributed by atoms with Crippen molar-refractivity contribution in [2.24, 2.45) is 11.8 Å². The van der Waals surface area contributed by atoms with Crippen LogP contribution in [-0.4, -0.2) is 12.5 Å². The van der Waals surface area contributed by atoms with Gasteiger partial charge in [0.05, 0.1) is 11.6 Å². The Hall–Kier alpha value is -3.09. The van der Waals surface area contributed by atoms with Gasteiger partial charge >= 0.3 is 0 Å². The highest BCUT2D eigenvalue weighted by Gasteiger charge is 2.29. The molecule has 4 heteroatoms. The summed E-state index contributed by atoms with van der Waals surface area (Å²) in [5, 5.41) is 10.1. The molecule has 0 aliphatic heterocycles. The van der Waals surface area contributed by atoms with Gasteiger partial charge in [-0.25, -0.2) is 0 Å². The molecule has 0 heterocycles. The minimum absolute atomic E-state index is 0.104. The molecule has 3 nitrogen and oxygen atoms in total. The van der Waals surface area contributed by atoms with Gasteiger partial charge < -0.3 is 4.90 Å². The maximum atomic E-state index is 13.7. The third-order valence-corrected chi connectivity index (χ3v) is 7.00. The Morgan fingerprint density at radius 1 is 0.912 bits per heavy atom. The normalized spacial score (nSPS) is 14.8. The highest BCUT2D eigenvalue weighted by Crippen LogP contribution is 2.29. The summed E-state index contributed by atoms with van der Waals surface area (Å²) in [5.74, 6) is 0.549. The Labute approximate surface area is 208 Å². The van der Waals surface area contributed by atoms with E-state index in [0.717, 1.165) is 54.8 Å². The van der Waals surface area contributed by atoms with Gasteiger partial charge in [-0.1, -0.05) is 73.3 Å². The summed E-state index contributed by atoms with van der Waals surface area (Å²) in [7, 11) is 0. The van der Waals surface area contributed by atoms with Crippen molar-refractivity contribution in [3.63, 3.8) is 0 Å². The molecule has 0 spiro atoms. The van der Waals surface area contributed by atoms with Crippen molar-refractivity contribution in [3.8, 4) is 6.07 Å². The first kappa shape index (κ1) is 24.0. The van der Waals surface area contributed by atoms with Crippen molar-refractivity contribution in [1.82, 2.24) is 0 Å². The molecule has 0 radical (unpaired) electrons. The molecule has 1 fully saturated rings. The first-order valence-corrected chi connectivity index (χ1v) is 12.6. The van der Waals surface area contributed by atoms with Gasteiger partial charge in [0.15, 0.2) is 0 Å². The van der Waals surface area contributed by atoms with Crippen molar-refractivity contribution in [3.05, 3.63) is 101 Å². The minimum Gasteiger partial charge on any atom is -0.312 e. The average Bonchev–Trinajstić information content (AvgIpc) is 2.89. The molecule has 1 amide bonds. The van der Waals surface area contributed by atoms with Crippen LogP contribution in [0.1, 0.15) is 48.8 Å².